The second-order valence-electron chi connectivity index (χ2n) is 5.05. The van der Waals surface area contributed by atoms with Crippen LogP contribution in [0.25, 0.3) is 0 Å². The summed E-state index contributed by atoms with van der Waals surface area (Å²) >= 11 is 0. The van der Waals surface area contributed by atoms with Crippen LogP contribution in [0, 0.1) is 0 Å². The third kappa shape index (κ3) is 61.1. The van der Waals surface area contributed by atoms with Crippen LogP contribution in [-0.2, 0) is 0 Å². The zero-order chi connectivity index (χ0) is 18.9. The maximum Gasteiger partial charge on any atom is 1.00 e. The highest BCUT2D eigenvalue weighted by Gasteiger charge is 2.21. The SMILES string of the molecule is CCCC[PH+](CCCC)CCCC.F[B-](F)(F)F.F[B-](F)(F)F.[H+]. The van der Waals surface area contributed by atoms with Crippen molar-refractivity contribution in [2.45, 2.75) is 59.3 Å². The Labute approximate surface area is 137 Å². The number of rotatable bonds is 9. The van der Waals surface area contributed by atoms with Gasteiger partial charge >= 0.3 is 15.9 Å². The normalized spacial score (nSPS) is 11.5. The second-order valence-corrected chi connectivity index (χ2v) is 8.05. The van der Waals surface area contributed by atoms with Gasteiger partial charge in [0, 0.05) is 7.92 Å². The van der Waals surface area contributed by atoms with Crippen LogP contribution >= 0.6 is 7.92 Å². The van der Waals surface area contributed by atoms with Crippen molar-refractivity contribution < 1.29 is 36.0 Å². The zero-order valence-electron chi connectivity index (χ0n) is 15.0. The minimum atomic E-state index is -6.00. The monoisotopic (exact) mass is 378 g/mol. The fraction of sp³-hybridized carbons (Fsp3) is 1.00. The van der Waals surface area contributed by atoms with Gasteiger partial charge in [0.15, 0.2) is 0 Å². The van der Waals surface area contributed by atoms with Crippen molar-refractivity contribution >= 4 is 22.4 Å². The average Bonchev–Trinajstić information content (AvgIpc) is 2.34. The fourth-order valence-corrected chi connectivity index (χ4v) is 4.97. The smallest absolute Gasteiger partial charge is 0.418 e. The van der Waals surface area contributed by atoms with Crippen molar-refractivity contribution in [3.8, 4) is 0 Å². The first-order chi connectivity index (χ1) is 10.3. The van der Waals surface area contributed by atoms with Gasteiger partial charge in [-0.25, -0.2) is 0 Å². The van der Waals surface area contributed by atoms with E-state index in [4.69, 9.17) is 0 Å². The molecule has 0 heterocycles. The van der Waals surface area contributed by atoms with Gasteiger partial charge in [0.1, 0.15) is 0 Å². The first kappa shape index (κ1) is 27.8. The Balaban J connectivity index is -0.000000151. The summed E-state index contributed by atoms with van der Waals surface area (Å²) in [6.45, 7) is 6.96. The summed E-state index contributed by atoms with van der Waals surface area (Å²) in [5.41, 5.74) is 0. The van der Waals surface area contributed by atoms with E-state index in [1.54, 1.807) is 18.5 Å². The first-order valence-electron chi connectivity index (χ1n) is 7.93. The number of unbranched alkanes of at least 4 members (excludes halogenated alkanes) is 3. The molecule has 0 aromatic rings. The highest BCUT2D eigenvalue weighted by Crippen LogP contribution is 2.38. The van der Waals surface area contributed by atoms with Crippen molar-refractivity contribution in [1.82, 2.24) is 0 Å². The van der Waals surface area contributed by atoms with Crippen LogP contribution in [0.5, 0.6) is 0 Å². The van der Waals surface area contributed by atoms with Gasteiger partial charge in [0.25, 0.3) is 0 Å². The minimum absolute atomic E-state index is 0. The molecule has 0 N–H and O–H groups in total. The molecule has 0 saturated carbocycles. The standard InChI is InChI=1S/C12H27P.2BF4/c1-4-7-10-13(11-8-5-2)12-9-6-3;2*2-1(3,4)5/h4-12H2,1-3H3;;/q;2*-1/p+2. The van der Waals surface area contributed by atoms with Gasteiger partial charge in [-0.1, -0.05) is 40.0 Å². The first-order valence-corrected chi connectivity index (χ1v) is 10.0. The van der Waals surface area contributed by atoms with Crippen LogP contribution in [0.2, 0.25) is 0 Å². The molecule has 0 aromatic heterocycles. The summed E-state index contributed by atoms with van der Waals surface area (Å²) < 4.78 is 78.0. The summed E-state index contributed by atoms with van der Waals surface area (Å²) in [7, 11) is -11.9. The molecule has 144 valence electrons. The summed E-state index contributed by atoms with van der Waals surface area (Å²) in [6, 6.07) is 0. The van der Waals surface area contributed by atoms with Crippen molar-refractivity contribution in [1.29, 1.82) is 0 Å². The zero-order valence-corrected chi connectivity index (χ0v) is 15.0. The maximum atomic E-state index is 9.75. The van der Waals surface area contributed by atoms with Crippen molar-refractivity contribution in [2.24, 2.45) is 0 Å². The fourth-order valence-electron chi connectivity index (χ4n) is 1.66. The molecule has 0 aliphatic rings. The molecule has 0 nitrogen and oxygen atoms in total. The molecule has 23 heavy (non-hydrogen) atoms. The molecular weight excluding hydrogens is 349 g/mol. The topological polar surface area (TPSA) is 0 Å². The average molecular weight is 378 g/mol. The Kier molecular flexibility index (Phi) is 20.4. The van der Waals surface area contributed by atoms with Crippen LogP contribution in [0.15, 0.2) is 0 Å². The summed E-state index contributed by atoms with van der Waals surface area (Å²) in [5, 5.41) is 0. The summed E-state index contributed by atoms with van der Waals surface area (Å²) in [4.78, 5) is 0. The summed E-state index contributed by atoms with van der Waals surface area (Å²) in [5.74, 6) is 0. The van der Waals surface area contributed by atoms with Gasteiger partial charge in [0.2, 0.25) is 0 Å². The van der Waals surface area contributed by atoms with Crippen LogP contribution in [0.3, 0.4) is 0 Å². The largest absolute Gasteiger partial charge is 1.00 e. The van der Waals surface area contributed by atoms with Gasteiger partial charge < -0.3 is 34.5 Å². The quantitative estimate of drug-likeness (QED) is 0.224. The van der Waals surface area contributed by atoms with E-state index in [2.05, 4.69) is 20.8 Å². The van der Waals surface area contributed by atoms with Gasteiger partial charge in [-0.2, -0.15) is 0 Å². The molecule has 11 heteroatoms. The van der Waals surface area contributed by atoms with E-state index < -0.39 is 14.5 Å². The van der Waals surface area contributed by atoms with E-state index in [0.29, 0.717) is 0 Å². The number of hydrogen-bond donors (Lipinski definition) is 0. The minimum Gasteiger partial charge on any atom is -0.418 e. The van der Waals surface area contributed by atoms with E-state index in [1.165, 1.54) is 38.5 Å². The molecule has 0 radical (unpaired) electrons. The van der Waals surface area contributed by atoms with Crippen LogP contribution in [-0.4, -0.2) is 33.0 Å². The molecule has 0 aromatic carbocycles. The van der Waals surface area contributed by atoms with Crippen LogP contribution < -0.4 is 0 Å². The Morgan fingerprint density at radius 2 is 0.739 bits per heavy atom. The lowest BCUT2D eigenvalue weighted by Crippen LogP contribution is -2.02. The lowest BCUT2D eigenvalue weighted by molar-refractivity contribution is 0.366. The molecule has 0 aliphatic heterocycles. The lowest BCUT2D eigenvalue weighted by Gasteiger charge is -2.09. The molecule has 0 atom stereocenters. The molecule has 0 aliphatic carbocycles. The molecule has 0 amide bonds. The number of halogens is 8. The summed E-state index contributed by atoms with van der Waals surface area (Å²) in [6.07, 6.45) is 13.4. The third-order valence-corrected chi connectivity index (χ3v) is 5.83. The predicted octanol–water partition coefficient (Wildman–Crippen LogP) is 7.31. The molecule has 0 fully saturated rings. The molecule has 0 unspecified atom stereocenters. The van der Waals surface area contributed by atoms with E-state index >= 15 is 0 Å². The molecular formula is C12H29B2F8P. The maximum absolute atomic E-state index is 9.75. The molecule has 0 saturated heterocycles. The highest BCUT2D eigenvalue weighted by atomic mass is 31.1. The molecule has 0 bridgehead atoms. The van der Waals surface area contributed by atoms with Gasteiger partial charge in [-0.05, 0) is 19.3 Å². The third-order valence-electron chi connectivity index (χ3n) is 2.65. The van der Waals surface area contributed by atoms with Gasteiger partial charge in [-0.15, -0.1) is 0 Å². The molecule has 0 spiro atoms. The van der Waals surface area contributed by atoms with Gasteiger partial charge in [0.05, 0.1) is 18.5 Å². The second kappa shape index (κ2) is 16.8. The Morgan fingerprint density at radius 1 is 0.565 bits per heavy atom. The Morgan fingerprint density at radius 3 is 0.870 bits per heavy atom. The lowest BCUT2D eigenvalue weighted by atomic mass is 10.3. The van der Waals surface area contributed by atoms with E-state index in [9.17, 15) is 34.5 Å². The predicted molar refractivity (Wildman–Crippen MR) is 89.1 cm³/mol. The highest BCUT2D eigenvalue weighted by molar-refractivity contribution is 7.57. The molecule has 0 rings (SSSR count). The Hall–Kier alpha value is -0.000130. The van der Waals surface area contributed by atoms with E-state index in [-0.39, 0.29) is 9.35 Å². The van der Waals surface area contributed by atoms with Crippen LogP contribution in [0.4, 0.5) is 34.5 Å². The van der Waals surface area contributed by atoms with Crippen LogP contribution in [0.1, 0.15) is 60.7 Å². The van der Waals surface area contributed by atoms with Gasteiger partial charge in [-0.3, -0.25) is 0 Å². The Bertz CT molecular complexity index is 199. The van der Waals surface area contributed by atoms with Crippen molar-refractivity contribution in [2.75, 3.05) is 18.5 Å². The number of hydrogen-bond acceptors (Lipinski definition) is 0. The van der Waals surface area contributed by atoms with E-state index in [1.807, 2.05) is 0 Å². The van der Waals surface area contributed by atoms with Crippen molar-refractivity contribution in [3.05, 3.63) is 0 Å². The van der Waals surface area contributed by atoms with E-state index in [0.717, 1.165) is 0 Å². The van der Waals surface area contributed by atoms with Crippen molar-refractivity contribution in [3.63, 3.8) is 0 Å².